The maximum atomic E-state index is 13.2. The molecule has 0 aromatic carbocycles. The Morgan fingerprint density at radius 2 is 1.91 bits per heavy atom. The molecule has 1 aliphatic heterocycles. The first-order valence-electron chi connectivity index (χ1n) is 10.7. The fourth-order valence-electron chi connectivity index (χ4n) is 3.68. The van der Waals surface area contributed by atoms with Crippen molar-refractivity contribution in [3.8, 4) is 0 Å². The Bertz CT molecular complexity index is 1200. The summed E-state index contributed by atoms with van der Waals surface area (Å²) in [7, 11) is 1.61. The number of methoxy groups -OCH3 is 1. The molecule has 0 aliphatic carbocycles. The van der Waals surface area contributed by atoms with E-state index in [1.807, 2.05) is 13.8 Å². The molecule has 0 atom stereocenters. The van der Waals surface area contributed by atoms with Gasteiger partial charge >= 0.3 is 5.97 Å². The van der Waals surface area contributed by atoms with Crippen LogP contribution >= 0.6 is 11.3 Å². The summed E-state index contributed by atoms with van der Waals surface area (Å²) in [5, 5.41) is 0.528. The summed E-state index contributed by atoms with van der Waals surface area (Å²) in [4.78, 5) is 37.8. The van der Waals surface area contributed by atoms with Crippen LogP contribution in [0.1, 0.15) is 35.5 Å². The van der Waals surface area contributed by atoms with E-state index in [9.17, 15) is 9.59 Å². The Morgan fingerprint density at radius 1 is 1.18 bits per heavy atom. The number of nitrogens with zero attached hydrogens (tertiary/aromatic N) is 2. The second-order valence-corrected chi connectivity index (χ2v) is 9.18. The van der Waals surface area contributed by atoms with Gasteiger partial charge in [-0.3, -0.25) is 4.79 Å². The number of pyridine rings is 1. The number of ether oxygens (including phenoxy) is 5. The Hall–Kier alpha value is -2.44. The normalized spacial score (nSPS) is 15.1. The van der Waals surface area contributed by atoms with Crippen molar-refractivity contribution in [1.29, 1.82) is 0 Å². The van der Waals surface area contributed by atoms with Crippen LogP contribution in [0.15, 0.2) is 11.1 Å². The summed E-state index contributed by atoms with van der Waals surface area (Å²) in [5.74, 6) is -0.510. The van der Waals surface area contributed by atoms with E-state index >= 15 is 0 Å². The number of hydrogen-bond acceptors (Lipinski definition) is 10. The minimum Gasteiger partial charge on any atom is -0.460 e. The maximum Gasteiger partial charge on any atom is 0.339 e. The predicted molar refractivity (Wildman–Crippen MR) is 122 cm³/mol. The fourth-order valence-corrected chi connectivity index (χ4v) is 4.73. The van der Waals surface area contributed by atoms with Crippen LogP contribution in [-0.4, -0.2) is 73.3 Å². The van der Waals surface area contributed by atoms with Crippen LogP contribution in [0.3, 0.4) is 0 Å². The molecule has 1 N–H and O–H groups in total. The zero-order valence-corrected chi connectivity index (χ0v) is 19.7. The van der Waals surface area contributed by atoms with Gasteiger partial charge in [-0.25, -0.2) is 14.8 Å². The van der Waals surface area contributed by atoms with Gasteiger partial charge in [0.2, 0.25) is 0 Å². The molecule has 0 unspecified atom stereocenters. The van der Waals surface area contributed by atoms with E-state index in [1.54, 1.807) is 7.11 Å². The van der Waals surface area contributed by atoms with Crippen molar-refractivity contribution in [2.24, 2.45) is 0 Å². The topological polar surface area (TPSA) is 122 Å². The second-order valence-electron chi connectivity index (χ2n) is 8.18. The highest BCUT2D eigenvalue weighted by molar-refractivity contribution is 7.25. The molecular weight excluding hydrogens is 450 g/mol. The molecule has 1 aliphatic rings. The monoisotopic (exact) mass is 477 g/mol. The predicted octanol–water partition coefficient (Wildman–Crippen LogP) is 2.22. The summed E-state index contributed by atoms with van der Waals surface area (Å²) in [6.07, 6.45) is 1.87. The minimum atomic E-state index is -0.510. The van der Waals surface area contributed by atoms with Crippen LogP contribution in [0.4, 0.5) is 0 Å². The van der Waals surface area contributed by atoms with Gasteiger partial charge in [-0.15, -0.1) is 11.3 Å². The van der Waals surface area contributed by atoms with Crippen molar-refractivity contribution in [1.82, 2.24) is 15.0 Å². The largest absolute Gasteiger partial charge is 0.460 e. The van der Waals surface area contributed by atoms with E-state index < -0.39 is 11.6 Å². The highest BCUT2D eigenvalue weighted by Gasteiger charge is 2.33. The standard InChI is InChI=1S/C22H27N3O7S/c1-22(2)10-14-13(11-32-22)15(21(27)31-9-8-30-7-6-29-5-4-28-3)16-17-18(33-20(16)25-14)19(26)24-12-23-17/h12H,4-11H2,1-3H3,(H,23,24,26). The van der Waals surface area contributed by atoms with Gasteiger partial charge in [0.05, 0.1) is 73.7 Å². The van der Waals surface area contributed by atoms with Gasteiger partial charge in [-0.2, -0.15) is 0 Å². The minimum absolute atomic E-state index is 0.0813. The van der Waals surface area contributed by atoms with Crippen molar-refractivity contribution in [2.75, 3.05) is 46.8 Å². The molecule has 3 aromatic rings. The molecule has 0 saturated carbocycles. The molecule has 178 valence electrons. The smallest absolute Gasteiger partial charge is 0.339 e. The van der Waals surface area contributed by atoms with E-state index in [-0.39, 0.29) is 25.4 Å². The summed E-state index contributed by atoms with van der Waals surface area (Å²) < 4.78 is 27.6. The molecule has 33 heavy (non-hydrogen) atoms. The zero-order chi connectivity index (χ0) is 23.4. The number of H-pyrrole nitrogens is 1. The average molecular weight is 478 g/mol. The fraction of sp³-hybridized carbons (Fsp3) is 0.545. The molecule has 0 spiro atoms. The number of rotatable bonds is 10. The van der Waals surface area contributed by atoms with E-state index in [0.717, 1.165) is 5.69 Å². The number of carbonyl (C=O) groups excluding carboxylic acids is 1. The summed E-state index contributed by atoms with van der Waals surface area (Å²) in [6, 6.07) is 0. The SMILES string of the molecule is COCCOCCOCCOC(=O)c1c2c(nc3sc4c(=O)[nH]cnc4c13)CC(C)(C)OC2. The van der Waals surface area contributed by atoms with Crippen LogP contribution in [0.2, 0.25) is 0 Å². The summed E-state index contributed by atoms with van der Waals surface area (Å²) >= 11 is 1.22. The Morgan fingerprint density at radius 3 is 2.67 bits per heavy atom. The third-order valence-corrected chi connectivity index (χ3v) is 6.34. The van der Waals surface area contributed by atoms with Gasteiger partial charge in [0.1, 0.15) is 16.1 Å². The van der Waals surface area contributed by atoms with Crippen LogP contribution in [0.5, 0.6) is 0 Å². The van der Waals surface area contributed by atoms with E-state index in [2.05, 4.69) is 9.97 Å². The van der Waals surface area contributed by atoms with E-state index in [0.29, 0.717) is 64.4 Å². The number of nitrogens with one attached hydrogen (secondary N) is 1. The zero-order valence-electron chi connectivity index (χ0n) is 18.9. The Labute approximate surface area is 194 Å². The molecule has 0 fully saturated rings. The van der Waals surface area contributed by atoms with Crippen molar-refractivity contribution < 1.29 is 28.5 Å². The molecule has 3 aromatic heterocycles. The molecule has 11 heteroatoms. The van der Waals surface area contributed by atoms with Crippen LogP contribution in [0.25, 0.3) is 20.4 Å². The second kappa shape index (κ2) is 10.2. The van der Waals surface area contributed by atoms with E-state index in [4.69, 9.17) is 28.7 Å². The number of aromatic amines is 1. The van der Waals surface area contributed by atoms with Gasteiger partial charge in [0.25, 0.3) is 5.56 Å². The van der Waals surface area contributed by atoms with Gasteiger partial charge in [-0.1, -0.05) is 0 Å². The summed E-state index contributed by atoms with van der Waals surface area (Å²) in [6.45, 7) is 6.36. The van der Waals surface area contributed by atoms with Crippen LogP contribution < -0.4 is 5.56 Å². The van der Waals surface area contributed by atoms with Crippen LogP contribution in [-0.2, 0) is 36.7 Å². The van der Waals surface area contributed by atoms with Crippen molar-refractivity contribution in [2.45, 2.75) is 32.5 Å². The molecule has 0 amide bonds. The molecular formula is C22H27N3O7S. The number of aromatic nitrogens is 3. The molecule has 0 saturated heterocycles. The lowest BCUT2D eigenvalue weighted by Crippen LogP contribution is -2.33. The van der Waals surface area contributed by atoms with Crippen molar-refractivity contribution in [3.63, 3.8) is 0 Å². The van der Waals surface area contributed by atoms with Gasteiger partial charge in [0, 0.05) is 19.1 Å². The number of fused-ring (bicyclic) bond motifs is 4. The number of esters is 1. The summed E-state index contributed by atoms with van der Waals surface area (Å²) in [5.41, 5.74) is 1.59. The Kier molecular flexibility index (Phi) is 7.35. The highest BCUT2D eigenvalue weighted by Crippen LogP contribution is 2.38. The molecule has 4 rings (SSSR count). The van der Waals surface area contributed by atoms with Gasteiger partial charge < -0.3 is 28.7 Å². The number of carbonyl (C=O) groups is 1. The molecule has 0 bridgehead atoms. The van der Waals surface area contributed by atoms with Gasteiger partial charge in [-0.05, 0) is 13.8 Å². The van der Waals surface area contributed by atoms with Gasteiger partial charge in [0.15, 0.2) is 0 Å². The lowest BCUT2D eigenvalue weighted by molar-refractivity contribution is -0.0417. The van der Waals surface area contributed by atoms with E-state index in [1.165, 1.54) is 17.7 Å². The third kappa shape index (κ3) is 5.22. The lowest BCUT2D eigenvalue weighted by atomic mass is 9.92. The highest BCUT2D eigenvalue weighted by atomic mass is 32.1. The molecule has 10 nitrogen and oxygen atoms in total. The van der Waals surface area contributed by atoms with Crippen LogP contribution in [0, 0.1) is 0 Å². The lowest BCUT2D eigenvalue weighted by Gasteiger charge is -2.32. The first-order chi connectivity index (χ1) is 15.9. The average Bonchev–Trinajstić information content (AvgIpc) is 3.15. The Balaban J connectivity index is 1.55. The first kappa shape index (κ1) is 23.7. The maximum absolute atomic E-state index is 13.2. The first-order valence-corrected chi connectivity index (χ1v) is 11.5. The quantitative estimate of drug-likeness (QED) is 0.346. The number of hydrogen-bond donors (Lipinski definition) is 1. The van der Waals surface area contributed by atoms with Crippen molar-refractivity contribution in [3.05, 3.63) is 33.5 Å². The van der Waals surface area contributed by atoms with Crippen molar-refractivity contribution >= 4 is 37.7 Å². The number of thiophene rings is 1. The third-order valence-electron chi connectivity index (χ3n) is 5.27. The molecule has 4 heterocycles. The molecule has 0 radical (unpaired) electrons.